The first kappa shape index (κ1) is 18.5. The highest BCUT2D eigenvalue weighted by Crippen LogP contribution is 2.11. The molecule has 0 aliphatic heterocycles. The van der Waals surface area contributed by atoms with E-state index >= 15 is 0 Å². The number of aromatic amines is 1. The Morgan fingerprint density at radius 2 is 2.00 bits per heavy atom. The number of nitrogens with one attached hydrogen (secondary N) is 3. The van der Waals surface area contributed by atoms with Gasteiger partial charge in [-0.15, -0.1) is 0 Å². The number of carbonyl (C=O) groups excluding carboxylic acids is 1. The zero-order chi connectivity index (χ0) is 19.2. The predicted octanol–water partition coefficient (Wildman–Crippen LogP) is 1.22. The summed E-state index contributed by atoms with van der Waals surface area (Å²) in [7, 11) is 4.00. The van der Waals surface area contributed by atoms with Crippen molar-refractivity contribution in [1.82, 2.24) is 25.2 Å². The van der Waals surface area contributed by atoms with E-state index in [1.165, 1.54) is 0 Å². The molecular weight excluding hydrogens is 344 g/mol. The Balaban J connectivity index is 1.70. The number of hydrogen-bond acceptors (Lipinski definition) is 6. The van der Waals surface area contributed by atoms with Gasteiger partial charge < -0.3 is 20.5 Å². The van der Waals surface area contributed by atoms with Gasteiger partial charge in [-0.3, -0.25) is 9.59 Å². The molecule has 2 aromatic heterocycles. The minimum Gasteiger partial charge on any atom is -0.369 e. The van der Waals surface area contributed by atoms with Gasteiger partial charge in [0.15, 0.2) is 5.82 Å². The van der Waals surface area contributed by atoms with Crippen molar-refractivity contribution in [3.63, 3.8) is 0 Å². The molecule has 3 N–H and O–H groups in total. The maximum atomic E-state index is 12.4. The number of pyridine rings is 1. The minimum atomic E-state index is -0.444. The quantitative estimate of drug-likeness (QED) is 0.581. The van der Waals surface area contributed by atoms with Crippen LogP contribution in [0, 0.1) is 0 Å². The van der Waals surface area contributed by atoms with Crippen LogP contribution in [0.5, 0.6) is 0 Å². The topological polar surface area (TPSA) is 103 Å². The molecule has 3 aromatic rings. The number of anilines is 1. The van der Waals surface area contributed by atoms with Crippen LogP contribution in [0.1, 0.15) is 16.2 Å². The summed E-state index contributed by atoms with van der Waals surface area (Å²) in [6.07, 6.45) is 1.70. The fourth-order valence-electron chi connectivity index (χ4n) is 2.59. The van der Waals surface area contributed by atoms with Crippen molar-refractivity contribution in [2.75, 3.05) is 32.5 Å². The molecule has 0 unspecified atom stereocenters. The van der Waals surface area contributed by atoms with Crippen molar-refractivity contribution in [3.05, 3.63) is 64.3 Å². The number of carbonyl (C=O) groups is 1. The first-order chi connectivity index (χ1) is 13.0. The maximum absolute atomic E-state index is 12.4. The van der Waals surface area contributed by atoms with Gasteiger partial charge in [0.05, 0.1) is 10.9 Å². The van der Waals surface area contributed by atoms with E-state index in [-0.39, 0.29) is 17.9 Å². The van der Waals surface area contributed by atoms with Crippen molar-refractivity contribution in [1.29, 1.82) is 0 Å². The SMILES string of the molecule is CN(C)CCNc1ncccc1CNC(=O)c1nc2ccccc2c(=O)[nH]1. The molecule has 2 heterocycles. The summed E-state index contributed by atoms with van der Waals surface area (Å²) in [5, 5.41) is 6.50. The molecule has 0 fully saturated rings. The summed E-state index contributed by atoms with van der Waals surface area (Å²) in [4.78, 5) is 37.7. The van der Waals surface area contributed by atoms with Crippen molar-refractivity contribution in [3.8, 4) is 0 Å². The molecule has 0 radical (unpaired) electrons. The van der Waals surface area contributed by atoms with Gasteiger partial charge in [0.25, 0.3) is 11.5 Å². The van der Waals surface area contributed by atoms with Crippen LogP contribution >= 0.6 is 0 Å². The summed E-state index contributed by atoms with van der Waals surface area (Å²) in [5.41, 5.74) is 1.00. The van der Waals surface area contributed by atoms with Crippen LogP contribution in [0.3, 0.4) is 0 Å². The molecule has 0 saturated heterocycles. The lowest BCUT2D eigenvalue weighted by Crippen LogP contribution is -2.28. The first-order valence-corrected chi connectivity index (χ1v) is 8.64. The van der Waals surface area contributed by atoms with Gasteiger partial charge in [-0.1, -0.05) is 18.2 Å². The van der Waals surface area contributed by atoms with E-state index in [2.05, 4.69) is 30.5 Å². The summed E-state index contributed by atoms with van der Waals surface area (Å²) in [6, 6.07) is 10.6. The monoisotopic (exact) mass is 366 g/mol. The predicted molar refractivity (Wildman–Crippen MR) is 105 cm³/mol. The van der Waals surface area contributed by atoms with E-state index in [0.29, 0.717) is 10.9 Å². The summed E-state index contributed by atoms with van der Waals surface area (Å²) >= 11 is 0. The van der Waals surface area contributed by atoms with Crippen molar-refractivity contribution in [2.45, 2.75) is 6.54 Å². The second-order valence-electron chi connectivity index (χ2n) is 6.36. The molecule has 8 nitrogen and oxygen atoms in total. The van der Waals surface area contributed by atoms with Gasteiger partial charge in [-0.05, 0) is 32.3 Å². The third-order valence-corrected chi connectivity index (χ3v) is 4.01. The number of nitrogens with zero attached hydrogens (tertiary/aromatic N) is 3. The molecule has 3 rings (SSSR count). The van der Waals surface area contributed by atoms with E-state index in [1.54, 1.807) is 30.5 Å². The normalized spacial score (nSPS) is 10.9. The van der Waals surface area contributed by atoms with Gasteiger partial charge in [0, 0.05) is 31.4 Å². The van der Waals surface area contributed by atoms with Gasteiger partial charge in [-0.2, -0.15) is 0 Å². The molecule has 140 valence electrons. The summed E-state index contributed by atoms with van der Waals surface area (Å²) in [5.74, 6) is 0.269. The van der Waals surface area contributed by atoms with E-state index in [1.807, 2.05) is 26.2 Å². The van der Waals surface area contributed by atoms with Gasteiger partial charge in [0.2, 0.25) is 0 Å². The number of para-hydroxylation sites is 1. The molecule has 0 bridgehead atoms. The number of H-pyrrole nitrogens is 1. The van der Waals surface area contributed by atoms with Crippen LogP contribution in [0.15, 0.2) is 47.4 Å². The number of rotatable bonds is 7. The highest BCUT2D eigenvalue weighted by molar-refractivity contribution is 5.92. The second kappa shape index (κ2) is 8.41. The zero-order valence-corrected chi connectivity index (χ0v) is 15.3. The minimum absolute atomic E-state index is 0.00953. The Morgan fingerprint density at radius 3 is 2.81 bits per heavy atom. The number of benzene rings is 1. The Bertz CT molecular complexity index is 999. The summed E-state index contributed by atoms with van der Waals surface area (Å²) < 4.78 is 0. The zero-order valence-electron chi connectivity index (χ0n) is 15.3. The van der Waals surface area contributed by atoms with Crippen molar-refractivity contribution in [2.24, 2.45) is 0 Å². The molecule has 27 heavy (non-hydrogen) atoms. The van der Waals surface area contributed by atoms with Gasteiger partial charge >= 0.3 is 0 Å². The van der Waals surface area contributed by atoms with E-state index < -0.39 is 5.91 Å². The molecule has 0 spiro atoms. The fourth-order valence-corrected chi connectivity index (χ4v) is 2.59. The number of hydrogen-bond donors (Lipinski definition) is 3. The Hall–Kier alpha value is -3.26. The number of aromatic nitrogens is 3. The molecule has 8 heteroatoms. The highest BCUT2D eigenvalue weighted by Gasteiger charge is 2.12. The highest BCUT2D eigenvalue weighted by atomic mass is 16.2. The third-order valence-electron chi connectivity index (χ3n) is 4.01. The molecule has 0 aliphatic carbocycles. The van der Waals surface area contributed by atoms with Crippen LogP contribution < -0.4 is 16.2 Å². The first-order valence-electron chi connectivity index (χ1n) is 8.64. The third kappa shape index (κ3) is 4.68. The standard InChI is InChI=1S/C19H22N6O2/c1-25(2)11-10-21-16-13(6-5-9-20-16)12-22-19(27)17-23-15-8-4-3-7-14(15)18(26)24-17/h3-9H,10-12H2,1-2H3,(H,20,21)(H,22,27)(H,23,24,26). The smallest absolute Gasteiger partial charge is 0.287 e. The van der Waals surface area contributed by atoms with E-state index in [0.717, 1.165) is 24.5 Å². The van der Waals surface area contributed by atoms with E-state index in [4.69, 9.17) is 0 Å². The lowest BCUT2D eigenvalue weighted by atomic mass is 10.2. The van der Waals surface area contributed by atoms with Crippen LogP contribution in [-0.2, 0) is 6.54 Å². The molecule has 0 atom stereocenters. The lowest BCUT2D eigenvalue weighted by molar-refractivity contribution is 0.0940. The lowest BCUT2D eigenvalue weighted by Gasteiger charge is -2.14. The molecule has 0 aliphatic rings. The van der Waals surface area contributed by atoms with Crippen LogP contribution in [0.4, 0.5) is 5.82 Å². The summed E-state index contributed by atoms with van der Waals surface area (Å²) in [6.45, 7) is 1.88. The van der Waals surface area contributed by atoms with Crippen LogP contribution in [-0.4, -0.2) is 52.9 Å². The van der Waals surface area contributed by atoms with Crippen molar-refractivity contribution < 1.29 is 4.79 Å². The second-order valence-corrected chi connectivity index (χ2v) is 6.36. The average Bonchev–Trinajstić information content (AvgIpc) is 2.66. The Kier molecular flexibility index (Phi) is 5.77. The number of fused-ring (bicyclic) bond motifs is 1. The Morgan fingerprint density at radius 1 is 1.19 bits per heavy atom. The van der Waals surface area contributed by atoms with Gasteiger partial charge in [-0.25, -0.2) is 9.97 Å². The van der Waals surface area contributed by atoms with Gasteiger partial charge in [0.1, 0.15) is 5.82 Å². The molecule has 1 aromatic carbocycles. The fraction of sp³-hybridized carbons (Fsp3) is 0.263. The molecular formula is C19H22N6O2. The van der Waals surface area contributed by atoms with Crippen LogP contribution in [0.25, 0.3) is 10.9 Å². The molecule has 0 saturated carbocycles. The van der Waals surface area contributed by atoms with E-state index in [9.17, 15) is 9.59 Å². The maximum Gasteiger partial charge on any atom is 0.287 e. The van der Waals surface area contributed by atoms with Crippen molar-refractivity contribution >= 4 is 22.6 Å². The van der Waals surface area contributed by atoms with Crippen LogP contribution in [0.2, 0.25) is 0 Å². The number of likely N-dealkylation sites (N-methyl/N-ethyl adjacent to an activating group) is 1. The average molecular weight is 366 g/mol. The largest absolute Gasteiger partial charge is 0.369 e. The number of amides is 1. The Labute approximate surface area is 156 Å². The molecule has 1 amide bonds.